The first kappa shape index (κ1) is 39.0. The molecule has 294 valence electrons. The Hall–Kier alpha value is -5.22. The molecular weight excluding hydrogens is 714 g/mol. The minimum Gasteiger partial charge on any atom is -0.497 e. The van der Waals surface area contributed by atoms with Crippen LogP contribution in [0.4, 0.5) is 9.18 Å². The zero-order valence-corrected chi connectivity index (χ0v) is 32.4. The normalized spacial score (nSPS) is 19.6. The maximum atomic E-state index is 14.7. The molecule has 4 aromatic rings. The predicted octanol–water partition coefficient (Wildman–Crippen LogP) is 8.55. The molecule has 1 saturated heterocycles. The van der Waals surface area contributed by atoms with Crippen LogP contribution in [0.3, 0.4) is 0 Å². The summed E-state index contributed by atoms with van der Waals surface area (Å²) in [7, 11) is 4.68. The molecule has 2 fully saturated rings. The number of fused-ring (bicyclic) bond motifs is 4. The Kier molecular flexibility index (Phi) is 12.0. The van der Waals surface area contributed by atoms with Crippen LogP contribution >= 0.6 is 0 Å². The number of amides is 1. The van der Waals surface area contributed by atoms with Crippen molar-refractivity contribution in [1.82, 2.24) is 4.90 Å². The zero-order valence-electron chi connectivity index (χ0n) is 32.4. The lowest BCUT2D eigenvalue weighted by Crippen LogP contribution is -2.50. The smallest absolute Gasteiger partial charge is 0.410 e. The Morgan fingerprint density at radius 3 is 2.20 bits per heavy atom. The molecule has 10 heteroatoms. The van der Waals surface area contributed by atoms with Gasteiger partial charge in [-0.3, -0.25) is 14.5 Å². The summed E-state index contributed by atoms with van der Waals surface area (Å²) < 4.78 is 43.3. The maximum Gasteiger partial charge on any atom is 0.410 e. The van der Waals surface area contributed by atoms with E-state index in [1.54, 1.807) is 50.6 Å². The number of likely N-dealkylation sites (tertiary alicyclic amines) is 1. The lowest BCUT2D eigenvalue weighted by atomic mass is 9.87. The highest BCUT2D eigenvalue weighted by molar-refractivity contribution is 5.82. The van der Waals surface area contributed by atoms with Gasteiger partial charge in [-0.15, -0.1) is 0 Å². The third-order valence-corrected chi connectivity index (χ3v) is 11.9. The van der Waals surface area contributed by atoms with Crippen molar-refractivity contribution in [1.29, 1.82) is 0 Å². The summed E-state index contributed by atoms with van der Waals surface area (Å²) >= 11 is 0. The Balaban J connectivity index is 0.972. The maximum absolute atomic E-state index is 14.7. The van der Waals surface area contributed by atoms with Gasteiger partial charge in [-0.25, -0.2) is 9.18 Å². The van der Waals surface area contributed by atoms with Gasteiger partial charge >= 0.3 is 12.1 Å². The number of esters is 1. The zero-order chi connectivity index (χ0) is 39.3. The molecule has 6 atom stereocenters. The molecule has 2 aliphatic carbocycles. The van der Waals surface area contributed by atoms with Gasteiger partial charge < -0.3 is 23.7 Å². The third kappa shape index (κ3) is 8.17. The SMILES string of the molecule is COc1ccc(COC(=O)[C@@H](CCCC(=O)C(C)C(OC)C2C[C@@H]3C[C@@H]3N2C(=O)OCC2c3ccccc3-c3ccccc32)Cc2ccccc2F)c(OC)c1. The molecular formula is C46H50FNO8. The van der Waals surface area contributed by atoms with Crippen LogP contribution in [-0.2, 0) is 36.8 Å². The van der Waals surface area contributed by atoms with Crippen molar-refractivity contribution < 1.29 is 42.5 Å². The van der Waals surface area contributed by atoms with Crippen LogP contribution in [-0.4, -0.2) is 68.9 Å². The van der Waals surface area contributed by atoms with Gasteiger partial charge in [-0.1, -0.05) is 73.7 Å². The van der Waals surface area contributed by atoms with Crippen LogP contribution in [0.25, 0.3) is 11.1 Å². The minimum atomic E-state index is -0.677. The van der Waals surface area contributed by atoms with E-state index in [1.807, 2.05) is 36.1 Å². The fourth-order valence-corrected chi connectivity index (χ4v) is 8.83. The number of hydrogen-bond donors (Lipinski definition) is 0. The number of piperidine rings is 1. The van der Waals surface area contributed by atoms with Gasteiger partial charge in [0.15, 0.2) is 0 Å². The quantitative estimate of drug-likeness (QED) is 0.0988. The molecule has 1 aliphatic heterocycles. The predicted molar refractivity (Wildman–Crippen MR) is 209 cm³/mol. The molecule has 0 aromatic heterocycles. The van der Waals surface area contributed by atoms with Crippen LogP contribution < -0.4 is 9.47 Å². The third-order valence-electron chi connectivity index (χ3n) is 11.9. The van der Waals surface area contributed by atoms with E-state index in [9.17, 15) is 18.8 Å². The summed E-state index contributed by atoms with van der Waals surface area (Å²) in [4.78, 5) is 43.0. The first-order valence-electron chi connectivity index (χ1n) is 19.5. The lowest BCUT2D eigenvalue weighted by Gasteiger charge is -2.35. The number of Topliss-reactive ketones (excluding diaryl/α,β-unsaturated/α-hetero) is 1. The molecule has 4 aromatic carbocycles. The van der Waals surface area contributed by atoms with Crippen molar-refractivity contribution in [2.45, 2.75) is 76.2 Å². The Labute approximate surface area is 328 Å². The molecule has 56 heavy (non-hydrogen) atoms. The highest BCUT2D eigenvalue weighted by atomic mass is 19.1. The van der Waals surface area contributed by atoms with Gasteiger partial charge in [-0.2, -0.15) is 0 Å². The summed E-state index contributed by atoms with van der Waals surface area (Å²) in [6.07, 6.45) is 1.83. The highest BCUT2D eigenvalue weighted by Crippen LogP contribution is 2.50. The van der Waals surface area contributed by atoms with Gasteiger partial charge in [0.05, 0.1) is 32.3 Å². The van der Waals surface area contributed by atoms with E-state index in [2.05, 4.69) is 24.3 Å². The van der Waals surface area contributed by atoms with Crippen molar-refractivity contribution in [3.8, 4) is 22.6 Å². The van der Waals surface area contributed by atoms with Crippen LogP contribution in [0.2, 0.25) is 0 Å². The Morgan fingerprint density at radius 2 is 1.52 bits per heavy atom. The number of halogens is 1. The van der Waals surface area contributed by atoms with Crippen molar-refractivity contribution in [2.75, 3.05) is 27.9 Å². The highest BCUT2D eigenvalue weighted by Gasteiger charge is 2.57. The van der Waals surface area contributed by atoms with Gasteiger partial charge in [0, 0.05) is 43.0 Å². The average Bonchev–Trinajstić information content (AvgIpc) is 3.77. The van der Waals surface area contributed by atoms with Gasteiger partial charge in [0.2, 0.25) is 0 Å². The Morgan fingerprint density at radius 1 is 0.821 bits per heavy atom. The monoisotopic (exact) mass is 763 g/mol. The lowest BCUT2D eigenvalue weighted by molar-refractivity contribution is -0.150. The molecule has 9 nitrogen and oxygen atoms in total. The van der Waals surface area contributed by atoms with E-state index < -0.39 is 29.7 Å². The van der Waals surface area contributed by atoms with Crippen molar-refractivity contribution >= 4 is 17.8 Å². The van der Waals surface area contributed by atoms with Gasteiger partial charge in [0.25, 0.3) is 0 Å². The summed E-state index contributed by atoms with van der Waals surface area (Å²) in [5, 5.41) is 0. The molecule has 7 rings (SSSR count). The van der Waals surface area contributed by atoms with E-state index in [0.29, 0.717) is 41.4 Å². The second-order valence-corrected chi connectivity index (χ2v) is 15.2. The number of benzene rings is 4. The number of ether oxygens (including phenoxy) is 5. The summed E-state index contributed by atoms with van der Waals surface area (Å²) in [5.74, 6) is -0.643. The summed E-state index contributed by atoms with van der Waals surface area (Å²) in [6.45, 7) is 2.04. The fourth-order valence-electron chi connectivity index (χ4n) is 8.83. The number of carbonyl (C=O) groups is 3. The van der Waals surface area contributed by atoms with Gasteiger partial charge in [-0.05, 0) is 84.0 Å². The van der Waals surface area contributed by atoms with Crippen LogP contribution in [0, 0.1) is 23.6 Å². The number of nitrogens with zero attached hydrogens (tertiary/aromatic N) is 1. The second-order valence-electron chi connectivity index (χ2n) is 15.2. The van der Waals surface area contributed by atoms with Crippen molar-refractivity contribution in [3.63, 3.8) is 0 Å². The van der Waals surface area contributed by atoms with E-state index in [1.165, 1.54) is 24.3 Å². The van der Waals surface area contributed by atoms with Crippen molar-refractivity contribution in [3.05, 3.63) is 119 Å². The topological polar surface area (TPSA) is 101 Å². The first-order chi connectivity index (χ1) is 27.2. The van der Waals surface area contributed by atoms with Crippen LogP contribution in [0.1, 0.15) is 67.2 Å². The summed E-state index contributed by atoms with van der Waals surface area (Å²) in [6, 6.07) is 27.9. The molecule has 0 bridgehead atoms. The van der Waals surface area contributed by atoms with E-state index in [-0.39, 0.29) is 55.9 Å². The minimum absolute atomic E-state index is 0.0223. The summed E-state index contributed by atoms with van der Waals surface area (Å²) in [5.41, 5.74) is 5.71. The molecule has 1 amide bonds. The molecule has 0 radical (unpaired) electrons. The van der Waals surface area contributed by atoms with E-state index >= 15 is 0 Å². The molecule has 1 saturated carbocycles. The average molecular weight is 764 g/mol. The van der Waals surface area contributed by atoms with Crippen molar-refractivity contribution in [2.24, 2.45) is 17.8 Å². The molecule has 3 unspecified atom stereocenters. The number of carbonyl (C=O) groups excluding carboxylic acids is 3. The van der Waals surface area contributed by atoms with Crippen LogP contribution in [0.5, 0.6) is 11.5 Å². The number of methoxy groups -OCH3 is 3. The van der Waals surface area contributed by atoms with E-state index in [0.717, 1.165) is 24.0 Å². The van der Waals surface area contributed by atoms with Crippen LogP contribution in [0.15, 0.2) is 91.0 Å². The molecule has 0 N–H and O–H groups in total. The molecule has 1 heterocycles. The van der Waals surface area contributed by atoms with E-state index in [4.69, 9.17) is 23.7 Å². The fraction of sp³-hybridized carbons (Fsp3) is 0.413. The first-order valence-corrected chi connectivity index (χ1v) is 19.5. The van der Waals surface area contributed by atoms with Gasteiger partial charge in [0.1, 0.15) is 36.3 Å². The molecule has 3 aliphatic rings. The number of rotatable bonds is 17. The second kappa shape index (κ2) is 17.3. The Bertz CT molecular complexity index is 2010. The standard InChI is InChI=1S/C46H50FNO8/c1-28(42(49)19-11-13-30(22-29-12-5-10-18-39(29)47)45(50)55-26-31-20-21-33(52-2)25-43(31)53-3)44(54-4)41-24-32-23-40(32)48(41)46(51)56-27-38-36-16-8-6-14-34(36)35-15-7-9-17-37(35)38/h5-10,12,14-18,20-21,25,28,30,32,38,40-41,44H,11,13,19,22-24,26-27H2,1-4H3/t28?,30-,32-,40-,41?,44?/m0/s1. The number of hydrogen-bond acceptors (Lipinski definition) is 8. The largest absolute Gasteiger partial charge is 0.497 e. The molecule has 0 spiro atoms. The number of ketones is 1.